The number of rotatable bonds is 9. The molecule has 0 aliphatic heterocycles. The van der Waals surface area contributed by atoms with Crippen LogP contribution in [-0.2, 0) is 11.3 Å². The third-order valence-electron chi connectivity index (χ3n) is 2.88. The Labute approximate surface area is 121 Å². The van der Waals surface area contributed by atoms with Gasteiger partial charge in [0.25, 0.3) is 5.91 Å². The Balaban J connectivity index is 2.14. The van der Waals surface area contributed by atoms with E-state index in [0.717, 1.165) is 31.8 Å². The van der Waals surface area contributed by atoms with Crippen molar-refractivity contribution in [3.8, 4) is 0 Å². The molecule has 5 heteroatoms. The molecular weight excluding hydrogens is 254 g/mol. The van der Waals surface area contributed by atoms with E-state index in [9.17, 15) is 4.79 Å². The van der Waals surface area contributed by atoms with Crippen molar-refractivity contribution < 1.29 is 9.53 Å². The van der Waals surface area contributed by atoms with E-state index >= 15 is 0 Å². The fourth-order valence-electron chi connectivity index (χ4n) is 1.64. The average Bonchev–Trinajstić information content (AvgIpc) is 2.45. The van der Waals surface area contributed by atoms with Crippen molar-refractivity contribution in [2.45, 2.75) is 6.54 Å². The second-order valence-corrected chi connectivity index (χ2v) is 4.87. The van der Waals surface area contributed by atoms with Crippen LogP contribution in [0.25, 0.3) is 0 Å². The third kappa shape index (κ3) is 6.65. The van der Waals surface area contributed by atoms with Crippen LogP contribution < -0.4 is 10.6 Å². The molecule has 1 aromatic rings. The van der Waals surface area contributed by atoms with Crippen LogP contribution in [0.1, 0.15) is 15.9 Å². The first-order valence-electron chi connectivity index (χ1n) is 6.87. The van der Waals surface area contributed by atoms with Gasteiger partial charge in [-0.3, -0.25) is 4.79 Å². The van der Waals surface area contributed by atoms with E-state index in [1.807, 2.05) is 38.4 Å². The first-order chi connectivity index (χ1) is 9.63. The van der Waals surface area contributed by atoms with Gasteiger partial charge in [0, 0.05) is 32.2 Å². The molecule has 0 fully saturated rings. The van der Waals surface area contributed by atoms with Crippen molar-refractivity contribution >= 4 is 5.91 Å². The predicted molar refractivity (Wildman–Crippen MR) is 80.9 cm³/mol. The summed E-state index contributed by atoms with van der Waals surface area (Å²) in [5.41, 5.74) is 1.84. The van der Waals surface area contributed by atoms with Gasteiger partial charge in [-0.15, -0.1) is 0 Å². The normalized spacial score (nSPS) is 10.8. The number of hydrogen-bond donors (Lipinski definition) is 2. The van der Waals surface area contributed by atoms with Gasteiger partial charge >= 0.3 is 0 Å². The summed E-state index contributed by atoms with van der Waals surface area (Å²) >= 11 is 0. The number of nitrogens with one attached hydrogen (secondary N) is 2. The number of benzene rings is 1. The van der Waals surface area contributed by atoms with Crippen LogP contribution in [0, 0.1) is 0 Å². The fraction of sp³-hybridized carbons (Fsp3) is 0.533. The number of carbonyl (C=O) groups is 1. The predicted octanol–water partition coefficient (Wildman–Crippen LogP) is 0.714. The van der Waals surface area contributed by atoms with Gasteiger partial charge in [-0.2, -0.15) is 0 Å². The molecule has 20 heavy (non-hydrogen) atoms. The van der Waals surface area contributed by atoms with Gasteiger partial charge in [-0.1, -0.05) is 12.1 Å². The molecule has 112 valence electrons. The molecule has 0 aliphatic rings. The van der Waals surface area contributed by atoms with E-state index in [1.165, 1.54) is 0 Å². The van der Waals surface area contributed by atoms with Gasteiger partial charge in [-0.25, -0.2) is 0 Å². The van der Waals surface area contributed by atoms with Crippen molar-refractivity contribution in [2.24, 2.45) is 0 Å². The largest absolute Gasteiger partial charge is 0.379 e. The third-order valence-corrected chi connectivity index (χ3v) is 2.88. The summed E-state index contributed by atoms with van der Waals surface area (Å²) < 4.78 is 5.49. The second-order valence-electron chi connectivity index (χ2n) is 4.87. The molecule has 0 saturated heterocycles. The summed E-state index contributed by atoms with van der Waals surface area (Å²) in [7, 11) is 5.70. The highest BCUT2D eigenvalue weighted by Crippen LogP contribution is 2.03. The van der Waals surface area contributed by atoms with Gasteiger partial charge < -0.3 is 20.3 Å². The van der Waals surface area contributed by atoms with Gasteiger partial charge in [0.05, 0.1) is 13.2 Å². The molecule has 0 bridgehead atoms. The summed E-state index contributed by atoms with van der Waals surface area (Å²) in [6, 6.07) is 7.60. The van der Waals surface area contributed by atoms with Crippen molar-refractivity contribution in [3.05, 3.63) is 35.4 Å². The molecular formula is C15H25N3O2. The Morgan fingerprint density at radius 2 is 1.90 bits per heavy atom. The molecule has 0 radical (unpaired) electrons. The highest BCUT2D eigenvalue weighted by Gasteiger charge is 2.01. The quantitative estimate of drug-likeness (QED) is 0.654. The number of nitrogens with zero attached hydrogens (tertiary/aromatic N) is 1. The first kappa shape index (κ1) is 16.6. The van der Waals surface area contributed by atoms with Gasteiger partial charge in [0.1, 0.15) is 0 Å². The lowest BCUT2D eigenvalue weighted by Gasteiger charge is -2.10. The van der Waals surface area contributed by atoms with Crippen LogP contribution in [0.3, 0.4) is 0 Å². The summed E-state index contributed by atoms with van der Waals surface area (Å²) in [4.78, 5) is 13.5. The van der Waals surface area contributed by atoms with E-state index in [-0.39, 0.29) is 5.91 Å². The van der Waals surface area contributed by atoms with Gasteiger partial charge in [-0.05, 0) is 31.8 Å². The molecule has 0 heterocycles. The Bertz CT molecular complexity index is 391. The number of hydrogen-bond acceptors (Lipinski definition) is 4. The van der Waals surface area contributed by atoms with E-state index in [4.69, 9.17) is 4.74 Å². The minimum Gasteiger partial charge on any atom is -0.379 e. The fourth-order valence-corrected chi connectivity index (χ4v) is 1.64. The lowest BCUT2D eigenvalue weighted by molar-refractivity contribution is 0.0963. The Hall–Kier alpha value is -1.43. The van der Waals surface area contributed by atoms with Crippen LogP contribution in [0.5, 0.6) is 0 Å². The smallest absolute Gasteiger partial charge is 0.251 e. The molecule has 1 aromatic carbocycles. The highest BCUT2D eigenvalue weighted by atomic mass is 16.5. The Morgan fingerprint density at radius 1 is 1.20 bits per heavy atom. The van der Waals surface area contributed by atoms with Gasteiger partial charge in [0.15, 0.2) is 0 Å². The zero-order valence-electron chi connectivity index (χ0n) is 12.6. The summed E-state index contributed by atoms with van der Waals surface area (Å²) in [6.07, 6.45) is 0. The summed E-state index contributed by atoms with van der Waals surface area (Å²) in [5.74, 6) is -0.0567. The zero-order chi connectivity index (χ0) is 14.8. The topological polar surface area (TPSA) is 53.6 Å². The van der Waals surface area contributed by atoms with Crippen molar-refractivity contribution in [1.82, 2.24) is 15.5 Å². The van der Waals surface area contributed by atoms with Crippen LogP contribution in [0.15, 0.2) is 24.3 Å². The minimum atomic E-state index is -0.0567. The van der Waals surface area contributed by atoms with Crippen LogP contribution >= 0.6 is 0 Å². The maximum atomic E-state index is 11.4. The van der Waals surface area contributed by atoms with E-state index in [2.05, 4.69) is 15.5 Å². The van der Waals surface area contributed by atoms with E-state index < -0.39 is 0 Å². The van der Waals surface area contributed by atoms with Crippen molar-refractivity contribution in [1.29, 1.82) is 0 Å². The maximum absolute atomic E-state index is 11.4. The lowest BCUT2D eigenvalue weighted by Crippen LogP contribution is -2.23. The molecule has 1 amide bonds. The number of likely N-dealkylation sites (N-methyl/N-ethyl adjacent to an activating group) is 1. The molecule has 5 nitrogen and oxygen atoms in total. The monoisotopic (exact) mass is 279 g/mol. The second kappa shape index (κ2) is 9.47. The highest BCUT2D eigenvalue weighted by molar-refractivity contribution is 5.93. The molecule has 0 aliphatic carbocycles. The van der Waals surface area contributed by atoms with Crippen LogP contribution in [-0.4, -0.2) is 58.3 Å². The molecule has 0 unspecified atom stereocenters. The minimum absolute atomic E-state index is 0.0567. The van der Waals surface area contributed by atoms with Crippen molar-refractivity contribution in [3.63, 3.8) is 0 Å². The Kier molecular flexibility index (Phi) is 7.87. The van der Waals surface area contributed by atoms with E-state index in [1.54, 1.807) is 7.05 Å². The molecule has 0 spiro atoms. The molecule has 0 aromatic heterocycles. The molecule has 0 saturated carbocycles. The standard InChI is InChI=1S/C15H25N3O2/c1-16-15(19)14-6-4-13(5-7-14)12-17-8-10-20-11-9-18(2)3/h4-7,17H,8-12H2,1-3H3,(H,16,19). The zero-order valence-corrected chi connectivity index (χ0v) is 12.6. The molecule has 1 rings (SSSR count). The molecule has 2 N–H and O–H groups in total. The van der Waals surface area contributed by atoms with Crippen LogP contribution in [0.4, 0.5) is 0 Å². The Morgan fingerprint density at radius 3 is 2.50 bits per heavy atom. The van der Waals surface area contributed by atoms with Gasteiger partial charge in [0.2, 0.25) is 0 Å². The summed E-state index contributed by atoms with van der Waals surface area (Å²) in [5, 5.41) is 5.92. The van der Waals surface area contributed by atoms with Crippen molar-refractivity contribution in [2.75, 3.05) is 47.4 Å². The average molecular weight is 279 g/mol. The van der Waals surface area contributed by atoms with Crippen LogP contribution in [0.2, 0.25) is 0 Å². The number of carbonyl (C=O) groups excluding carboxylic acids is 1. The first-order valence-corrected chi connectivity index (χ1v) is 6.87. The van der Waals surface area contributed by atoms with E-state index in [0.29, 0.717) is 12.2 Å². The summed E-state index contributed by atoms with van der Waals surface area (Å²) in [6.45, 7) is 4.02. The number of amides is 1. The maximum Gasteiger partial charge on any atom is 0.251 e. The SMILES string of the molecule is CNC(=O)c1ccc(CNCCOCCN(C)C)cc1. The molecule has 0 atom stereocenters. The number of ether oxygens (including phenoxy) is 1. The lowest BCUT2D eigenvalue weighted by atomic mass is 10.1.